The number of amides is 1. The van der Waals surface area contributed by atoms with Gasteiger partial charge in [-0.05, 0) is 73.5 Å². The number of piperazine rings is 1. The number of nitrogens with zero attached hydrogens (tertiary/aromatic N) is 2. The lowest BCUT2D eigenvalue weighted by Gasteiger charge is -2.37. The third-order valence-electron chi connectivity index (χ3n) is 6.22. The van der Waals surface area contributed by atoms with Crippen molar-refractivity contribution in [1.82, 2.24) is 4.90 Å². The monoisotopic (exact) mass is 464 g/mol. The van der Waals surface area contributed by atoms with Gasteiger partial charge in [-0.1, -0.05) is 23.7 Å². The van der Waals surface area contributed by atoms with Crippen LogP contribution < -0.4 is 14.4 Å². The fraction of sp³-hybridized carbons (Fsp3) is 0.296. The normalized spacial score (nSPS) is 13.7. The van der Waals surface area contributed by atoms with Crippen molar-refractivity contribution < 1.29 is 14.3 Å². The molecule has 3 aromatic rings. The molecule has 0 aromatic heterocycles. The molecule has 33 heavy (non-hydrogen) atoms. The molecule has 0 spiro atoms. The van der Waals surface area contributed by atoms with Gasteiger partial charge in [0, 0.05) is 48.0 Å². The van der Waals surface area contributed by atoms with Gasteiger partial charge in [0.2, 0.25) is 0 Å². The number of ether oxygens (including phenoxy) is 2. The highest BCUT2D eigenvalue weighted by Gasteiger charge is 2.24. The molecule has 1 saturated heterocycles. The number of hydrogen-bond acceptors (Lipinski definition) is 4. The van der Waals surface area contributed by atoms with E-state index >= 15 is 0 Å². The van der Waals surface area contributed by atoms with Crippen molar-refractivity contribution in [1.29, 1.82) is 0 Å². The number of benzene rings is 3. The number of methoxy groups -OCH3 is 1. The molecule has 0 atom stereocenters. The highest BCUT2D eigenvalue weighted by Crippen LogP contribution is 2.26. The number of carbonyl (C=O) groups excluding carboxylic acids is 1. The van der Waals surface area contributed by atoms with Gasteiger partial charge in [-0.3, -0.25) is 4.79 Å². The summed E-state index contributed by atoms with van der Waals surface area (Å²) in [4.78, 5) is 17.5. The summed E-state index contributed by atoms with van der Waals surface area (Å²) < 4.78 is 11.4. The summed E-state index contributed by atoms with van der Waals surface area (Å²) in [7, 11) is 1.62. The van der Waals surface area contributed by atoms with Gasteiger partial charge in [0.05, 0.1) is 7.11 Å². The molecule has 6 heteroatoms. The van der Waals surface area contributed by atoms with Gasteiger partial charge in [-0.2, -0.15) is 0 Å². The van der Waals surface area contributed by atoms with Crippen LogP contribution in [0.5, 0.6) is 11.5 Å². The van der Waals surface area contributed by atoms with E-state index in [9.17, 15) is 4.79 Å². The number of carbonyl (C=O) groups is 1. The van der Waals surface area contributed by atoms with Gasteiger partial charge in [-0.25, -0.2) is 0 Å². The predicted molar refractivity (Wildman–Crippen MR) is 133 cm³/mol. The largest absolute Gasteiger partial charge is 0.496 e. The van der Waals surface area contributed by atoms with Gasteiger partial charge >= 0.3 is 0 Å². The van der Waals surface area contributed by atoms with Gasteiger partial charge in [-0.15, -0.1) is 0 Å². The van der Waals surface area contributed by atoms with E-state index < -0.39 is 0 Å². The average molecular weight is 465 g/mol. The summed E-state index contributed by atoms with van der Waals surface area (Å²) in [5, 5.41) is 0.658. The smallest absolute Gasteiger partial charge is 0.253 e. The molecular formula is C27H29ClN2O3. The Bertz CT molecular complexity index is 1120. The Labute approximate surface area is 200 Å². The average Bonchev–Trinajstić information content (AvgIpc) is 2.85. The zero-order chi connectivity index (χ0) is 23.4. The molecule has 0 N–H and O–H groups in total. The van der Waals surface area contributed by atoms with E-state index in [0.717, 1.165) is 18.7 Å². The first-order valence-corrected chi connectivity index (χ1v) is 11.5. The van der Waals surface area contributed by atoms with Gasteiger partial charge in [0.15, 0.2) is 0 Å². The number of anilines is 1. The van der Waals surface area contributed by atoms with E-state index in [1.165, 1.54) is 16.8 Å². The maximum Gasteiger partial charge on any atom is 0.253 e. The second-order valence-electron chi connectivity index (χ2n) is 8.27. The first-order chi connectivity index (χ1) is 16.0. The molecule has 4 rings (SSSR count). The molecule has 1 heterocycles. The van der Waals surface area contributed by atoms with Crippen molar-refractivity contribution in [2.45, 2.75) is 20.5 Å². The van der Waals surface area contributed by atoms with Crippen LogP contribution in [0.15, 0.2) is 60.7 Å². The van der Waals surface area contributed by atoms with Crippen LogP contribution in [0, 0.1) is 13.8 Å². The van der Waals surface area contributed by atoms with Crippen molar-refractivity contribution >= 4 is 23.2 Å². The molecule has 0 aliphatic carbocycles. The predicted octanol–water partition coefficient (Wildman–Crippen LogP) is 5.51. The second-order valence-corrected chi connectivity index (χ2v) is 8.70. The fourth-order valence-corrected chi connectivity index (χ4v) is 4.25. The molecule has 0 saturated carbocycles. The molecule has 5 nitrogen and oxygen atoms in total. The Kier molecular flexibility index (Phi) is 7.09. The third kappa shape index (κ3) is 5.25. The molecule has 1 fully saturated rings. The standard InChI is InChI=1S/C27H29ClN2O3/c1-19-5-4-6-25(20(19)2)29-13-15-30(16-14-29)27(31)21-7-12-26(32-3)22(17-21)18-33-24-10-8-23(28)9-11-24/h4-12,17H,13-16,18H2,1-3H3. The zero-order valence-electron chi connectivity index (χ0n) is 19.3. The highest BCUT2D eigenvalue weighted by atomic mass is 35.5. The number of hydrogen-bond donors (Lipinski definition) is 0. The first-order valence-electron chi connectivity index (χ1n) is 11.1. The van der Waals surface area contributed by atoms with Crippen LogP contribution in [0.2, 0.25) is 5.02 Å². The molecule has 1 aliphatic rings. The topological polar surface area (TPSA) is 42.0 Å². The Morgan fingerprint density at radius 3 is 2.39 bits per heavy atom. The Balaban J connectivity index is 1.43. The summed E-state index contributed by atoms with van der Waals surface area (Å²) in [5.74, 6) is 1.44. The zero-order valence-corrected chi connectivity index (χ0v) is 20.1. The van der Waals surface area contributed by atoms with Gasteiger partial charge < -0.3 is 19.3 Å². The van der Waals surface area contributed by atoms with E-state index in [0.29, 0.717) is 41.8 Å². The lowest BCUT2D eigenvalue weighted by molar-refractivity contribution is 0.0746. The molecular weight excluding hydrogens is 436 g/mol. The van der Waals surface area contributed by atoms with Crippen LogP contribution in [0.4, 0.5) is 5.69 Å². The SMILES string of the molecule is COc1ccc(C(=O)N2CCN(c3cccc(C)c3C)CC2)cc1COc1ccc(Cl)cc1. The number of rotatable bonds is 6. The Morgan fingerprint density at radius 1 is 0.970 bits per heavy atom. The van der Waals surface area contributed by atoms with Gasteiger partial charge in [0.1, 0.15) is 18.1 Å². The minimum atomic E-state index is 0.0333. The van der Waals surface area contributed by atoms with Crippen LogP contribution in [0.25, 0.3) is 0 Å². The maximum atomic E-state index is 13.2. The fourth-order valence-electron chi connectivity index (χ4n) is 4.13. The highest BCUT2D eigenvalue weighted by molar-refractivity contribution is 6.30. The van der Waals surface area contributed by atoms with E-state index in [-0.39, 0.29) is 5.91 Å². The number of aryl methyl sites for hydroxylation is 1. The lowest BCUT2D eigenvalue weighted by Crippen LogP contribution is -2.49. The molecule has 3 aromatic carbocycles. The van der Waals surface area contributed by atoms with Crippen LogP contribution in [-0.4, -0.2) is 44.1 Å². The number of halogens is 1. The lowest BCUT2D eigenvalue weighted by atomic mass is 10.1. The van der Waals surface area contributed by atoms with Crippen LogP contribution in [0.1, 0.15) is 27.0 Å². The maximum absolute atomic E-state index is 13.2. The second kappa shape index (κ2) is 10.2. The molecule has 0 radical (unpaired) electrons. The molecule has 1 aliphatic heterocycles. The van der Waals surface area contributed by atoms with E-state index in [4.69, 9.17) is 21.1 Å². The van der Waals surface area contributed by atoms with E-state index in [2.05, 4.69) is 36.9 Å². The molecule has 0 bridgehead atoms. The summed E-state index contributed by atoms with van der Waals surface area (Å²) >= 11 is 5.94. The van der Waals surface area contributed by atoms with Gasteiger partial charge in [0.25, 0.3) is 5.91 Å². The molecule has 1 amide bonds. The van der Waals surface area contributed by atoms with Crippen LogP contribution >= 0.6 is 11.6 Å². The molecule has 172 valence electrons. The molecule has 0 unspecified atom stereocenters. The summed E-state index contributed by atoms with van der Waals surface area (Å²) in [5.41, 5.74) is 5.32. The minimum Gasteiger partial charge on any atom is -0.496 e. The summed E-state index contributed by atoms with van der Waals surface area (Å²) in [6, 6.07) is 19.1. The quantitative estimate of drug-likeness (QED) is 0.482. The minimum absolute atomic E-state index is 0.0333. The summed E-state index contributed by atoms with van der Waals surface area (Å²) in [6.45, 7) is 7.61. The Hall–Kier alpha value is -3.18. The van der Waals surface area contributed by atoms with Crippen LogP contribution in [0.3, 0.4) is 0 Å². The van der Waals surface area contributed by atoms with E-state index in [1.807, 2.05) is 35.2 Å². The van der Waals surface area contributed by atoms with Crippen LogP contribution in [-0.2, 0) is 6.61 Å². The van der Waals surface area contributed by atoms with Crippen molar-refractivity contribution in [3.63, 3.8) is 0 Å². The van der Waals surface area contributed by atoms with E-state index in [1.54, 1.807) is 19.2 Å². The summed E-state index contributed by atoms with van der Waals surface area (Å²) in [6.07, 6.45) is 0. The third-order valence-corrected chi connectivity index (χ3v) is 6.47. The van der Waals surface area contributed by atoms with Crippen molar-refractivity contribution in [3.05, 3.63) is 87.9 Å². The van der Waals surface area contributed by atoms with Crippen molar-refractivity contribution in [2.75, 3.05) is 38.2 Å². The first kappa shape index (κ1) is 23.0. The Morgan fingerprint density at radius 2 is 1.70 bits per heavy atom. The van der Waals surface area contributed by atoms with Crippen molar-refractivity contribution in [2.24, 2.45) is 0 Å². The van der Waals surface area contributed by atoms with Crippen molar-refractivity contribution in [3.8, 4) is 11.5 Å².